The van der Waals surface area contributed by atoms with Gasteiger partial charge in [0.2, 0.25) is 0 Å². The van der Waals surface area contributed by atoms with Gasteiger partial charge in [-0.1, -0.05) is 60.7 Å². The molecule has 0 amide bonds. The smallest absolute Gasteiger partial charge is 0.0865 e. The van der Waals surface area contributed by atoms with Crippen molar-refractivity contribution in [2.45, 2.75) is 78.2 Å². The summed E-state index contributed by atoms with van der Waals surface area (Å²) >= 11 is 12.9. The van der Waals surface area contributed by atoms with Gasteiger partial charge in [-0.2, -0.15) is 0 Å². The molecule has 6 rings (SSSR count). The molecule has 2 aromatic heterocycles. The van der Waals surface area contributed by atoms with Crippen molar-refractivity contribution in [2.75, 3.05) is 11.8 Å². The normalized spacial score (nSPS) is 15.3. The fourth-order valence-electron chi connectivity index (χ4n) is 6.63. The molecular formula is C36H38Cl2N2O3. The summed E-state index contributed by atoms with van der Waals surface area (Å²) < 4.78 is 19.1. The fraction of sp³-hybridized carbons (Fsp3) is 0.389. The largest absolute Gasteiger partial charge is 0.372 e. The molecule has 224 valence electrons. The van der Waals surface area contributed by atoms with Crippen LogP contribution in [-0.2, 0) is 53.5 Å². The zero-order chi connectivity index (χ0) is 29.8. The summed E-state index contributed by atoms with van der Waals surface area (Å²) in [5.41, 5.74) is 13.5. The monoisotopic (exact) mass is 616 g/mol. The highest BCUT2D eigenvalue weighted by atomic mass is 35.5. The molecule has 0 spiro atoms. The van der Waals surface area contributed by atoms with Gasteiger partial charge < -0.3 is 14.2 Å². The third-order valence-electron chi connectivity index (χ3n) is 8.59. The highest BCUT2D eigenvalue weighted by Crippen LogP contribution is 2.42. The molecule has 0 saturated heterocycles. The predicted molar refractivity (Wildman–Crippen MR) is 171 cm³/mol. The molecule has 0 aliphatic carbocycles. The summed E-state index contributed by atoms with van der Waals surface area (Å²) in [7, 11) is 0. The van der Waals surface area contributed by atoms with Crippen LogP contribution in [-0.4, -0.2) is 21.7 Å². The molecule has 43 heavy (non-hydrogen) atoms. The summed E-state index contributed by atoms with van der Waals surface area (Å²) in [6.45, 7) is 6.40. The Balaban J connectivity index is 1.35. The molecule has 0 fully saturated rings. The number of benzene rings is 2. The van der Waals surface area contributed by atoms with Crippen LogP contribution in [0.4, 0.5) is 0 Å². The van der Waals surface area contributed by atoms with E-state index in [0.717, 1.165) is 46.7 Å². The number of ether oxygens (including phenoxy) is 3. The number of pyridine rings is 2. The first-order valence-corrected chi connectivity index (χ1v) is 16.2. The van der Waals surface area contributed by atoms with Gasteiger partial charge in [0, 0.05) is 58.2 Å². The van der Waals surface area contributed by atoms with E-state index in [1.807, 2.05) is 12.1 Å². The first-order chi connectivity index (χ1) is 21.1. The van der Waals surface area contributed by atoms with Crippen molar-refractivity contribution in [3.05, 3.63) is 128 Å². The zero-order valence-corrected chi connectivity index (χ0v) is 26.4. The van der Waals surface area contributed by atoms with E-state index in [0.29, 0.717) is 51.0 Å². The molecule has 4 aromatic rings. The van der Waals surface area contributed by atoms with Gasteiger partial charge in [-0.25, -0.2) is 0 Å². The lowest BCUT2D eigenvalue weighted by molar-refractivity contribution is -0.0209. The van der Waals surface area contributed by atoms with Crippen LogP contribution < -0.4 is 0 Å². The lowest BCUT2D eigenvalue weighted by atomic mass is 9.91. The molecule has 2 atom stereocenters. The van der Waals surface area contributed by atoms with E-state index >= 15 is 0 Å². The predicted octanol–water partition coefficient (Wildman–Crippen LogP) is 8.39. The molecule has 2 unspecified atom stereocenters. The Morgan fingerprint density at radius 2 is 1.02 bits per heavy atom. The van der Waals surface area contributed by atoms with Crippen LogP contribution in [0.1, 0.15) is 92.3 Å². The second-order valence-corrected chi connectivity index (χ2v) is 12.2. The molecule has 7 heteroatoms. The van der Waals surface area contributed by atoms with Crippen LogP contribution >= 0.6 is 23.2 Å². The first kappa shape index (κ1) is 30.2. The Labute approximate surface area is 264 Å². The third kappa shape index (κ3) is 6.52. The van der Waals surface area contributed by atoms with Gasteiger partial charge in [-0.3, -0.25) is 9.97 Å². The Morgan fingerprint density at radius 1 is 0.628 bits per heavy atom. The first-order valence-electron chi connectivity index (χ1n) is 15.1. The van der Waals surface area contributed by atoms with Crippen LogP contribution in [0.25, 0.3) is 0 Å². The molecule has 2 aliphatic rings. The maximum Gasteiger partial charge on any atom is 0.0865 e. The minimum absolute atomic E-state index is 0.249. The average Bonchev–Trinajstić information content (AvgIpc) is 3.69. The lowest BCUT2D eigenvalue weighted by Gasteiger charge is -2.29. The number of nitrogens with zero attached hydrogens (tertiary/aromatic N) is 2. The highest BCUT2D eigenvalue weighted by Gasteiger charge is 2.33. The molecule has 0 N–H and O–H groups in total. The fourth-order valence-corrected chi connectivity index (χ4v) is 7.03. The van der Waals surface area contributed by atoms with Gasteiger partial charge in [0.25, 0.3) is 0 Å². The van der Waals surface area contributed by atoms with Crippen LogP contribution in [0, 0.1) is 13.8 Å². The van der Waals surface area contributed by atoms with Crippen LogP contribution in [0.5, 0.6) is 0 Å². The van der Waals surface area contributed by atoms with E-state index < -0.39 is 0 Å². The minimum atomic E-state index is -0.249. The quantitative estimate of drug-likeness (QED) is 0.150. The van der Waals surface area contributed by atoms with Gasteiger partial charge >= 0.3 is 0 Å². The summed E-state index contributed by atoms with van der Waals surface area (Å²) in [5, 5.41) is 0. The van der Waals surface area contributed by atoms with Crippen LogP contribution in [0.3, 0.4) is 0 Å². The van der Waals surface area contributed by atoms with Crippen molar-refractivity contribution in [1.82, 2.24) is 9.97 Å². The maximum atomic E-state index is 7.07. The number of aryl methyl sites for hydroxylation is 2. The summed E-state index contributed by atoms with van der Waals surface area (Å²) in [6.07, 6.45) is 2.36. The molecular weight excluding hydrogens is 579 g/mol. The Hall–Kier alpha value is -2.80. The summed E-state index contributed by atoms with van der Waals surface area (Å²) in [6, 6.07) is 20.9. The van der Waals surface area contributed by atoms with Crippen molar-refractivity contribution >= 4 is 23.2 Å². The van der Waals surface area contributed by atoms with Crippen molar-refractivity contribution in [3.63, 3.8) is 0 Å². The van der Waals surface area contributed by atoms with Gasteiger partial charge in [-0.05, 0) is 48.9 Å². The second-order valence-electron chi connectivity index (χ2n) is 11.4. The molecule has 2 aromatic carbocycles. The average molecular weight is 618 g/mol. The number of aromatic nitrogens is 2. The van der Waals surface area contributed by atoms with Crippen molar-refractivity contribution < 1.29 is 14.2 Å². The maximum absolute atomic E-state index is 7.07. The van der Waals surface area contributed by atoms with E-state index in [9.17, 15) is 0 Å². The number of alkyl halides is 2. The van der Waals surface area contributed by atoms with E-state index in [-0.39, 0.29) is 12.2 Å². The minimum Gasteiger partial charge on any atom is -0.372 e. The molecule has 5 nitrogen and oxygen atoms in total. The van der Waals surface area contributed by atoms with Gasteiger partial charge in [-0.15, -0.1) is 23.2 Å². The topological polar surface area (TPSA) is 53.5 Å². The van der Waals surface area contributed by atoms with Gasteiger partial charge in [0.1, 0.15) is 0 Å². The number of halogens is 2. The lowest BCUT2D eigenvalue weighted by Crippen LogP contribution is -2.19. The van der Waals surface area contributed by atoms with Crippen molar-refractivity contribution in [3.8, 4) is 0 Å². The standard InChI is InChI=1S/C36H38Cl2N2O3/c1-23-35(29-21-41-19-27(29)31(39-23)17-25-9-5-3-6-10-25)33(13-15-37)43-34(14-16-38)36-24(2)40-32(28-20-42-22-30(28)36)18-26-11-7-4-8-12-26/h3-12,33-34H,13-22H2,1-2H3. The molecule has 0 radical (unpaired) electrons. The van der Waals surface area contributed by atoms with E-state index in [1.165, 1.54) is 33.4 Å². The molecule has 2 aliphatic heterocycles. The SMILES string of the molecule is Cc1nc(Cc2ccccc2)c2c(c1C(CCCl)OC(CCCl)c1c(C)nc(Cc3ccccc3)c3c1COC3)COC2. The molecule has 0 saturated carbocycles. The van der Waals surface area contributed by atoms with Crippen LogP contribution in [0.15, 0.2) is 60.7 Å². The summed E-state index contributed by atoms with van der Waals surface area (Å²) in [4.78, 5) is 10.3. The van der Waals surface area contributed by atoms with Crippen LogP contribution in [0.2, 0.25) is 0 Å². The van der Waals surface area contributed by atoms with Gasteiger partial charge in [0.05, 0.1) is 50.0 Å². The third-order valence-corrected chi connectivity index (χ3v) is 9.03. The Kier molecular flexibility index (Phi) is 9.76. The molecule has 4 heterocycles. The molecule has 0 bridgehead atoms. The van der Waals surface area contributed by atoms with Gasteiger partial charge in [0.15, 0.2) is 0 Å². The van der Waals surface area contributed by atoms with E-state index in [2.05, 4.69) is 62.4 Å². The Bertz CT molecular complexity index is 1450. The number of fused-ring (bicyclic) bond motifs is 2. The van der Waals surface area contributed by atoms with Crippen molar-refractivity contribution in [1.29, 1.82) is 0 Å². The van der Waals surface area contributed by atoms with Crippen molar-refractivity contribution in [2.24, 2.45) is 0 Å². The summed E-state index contributed by atoms with van der Waals surface area (Å²) in [5.74, 6) is 0.932. The zero-order valence-electron chi connectivity index (χ0n) is 24.9. The number of hydrogen-bond acceptors (Lipinski definition) is 5. The van der Waals surface area contributed by atoms with E-state index in [4.69, 9.17) is 47.4 Å². The number of rotatable bonds is 12. The Morgan fingerprint density at radius 3 is 1.42 bits per heavy atom. The highest BCUT2D eigenvalue weighted by molar-refractivity contribution is 6.18. The second kappa shape index (κ2) is 13.9. The number of hydrogen-bond donors (Lipinski definition) is 0. The van der Waals surface area contributed by atoms with E-state index in [1.54, 1.807) is 0 Å².